The molecule has 0 fully saturated rings. The largest absolute Gasteiger partial charge is 0.493 e. The van der Waals surface area contributed by atoms with Gasteiger partial charge in [-0.2, -0.15) is 11.8 Å². The Balaban J connectivity index is 2.21. The van der Waals surface area contributed by atoms with E-state index in [0.717, 1.165) is 23.0 Å². The third-order valence-corrected chi connectivity index (χ3v) is 4.13. The van der Waals surface area contributed by atoms with Crippen LogP contribution in [0.2, 0.25) is 0 Å². The van der Waals surface area contributed by atoms with Crippen LogP contribution in [0.4, 0.5) is 0 Å². The van der Waals surface area contributed by atoms with E-state index in [1.807, 2.05) is 23.9 Å². The van der Waals surface area contributed by atoms with E-state index in [4.69, 9.17) is 9.84 Å². The first-order chi connectivity index (χ1) is 9.11. The second kappa shape index (κ2) is 8.86. The van der Waals surface area contributed by atoms with Crippen LogP contribution in [0.25, 0.3) is 0 Å². The van der Waals surface area contributed by atoms with Gasteiger partial charge in [0, 0.05) is 5.75 Å². The van der Waals surface area contributed by atoms with Crippen molar-refractivity contribution in [3.8, 4) is 5.75 Å². The van der Waals surface area contributed by atoms with Crippen LogP contribution in [0.1, 0.15) is 25.8 Å². The van der Waals surface area contributed by atoms with E-state index in [2.05, 4.69) is 13.8 Å². The van der Waals surface area contributed by atoms with Crippen molar-refractivity contribution < 1.29 is 14.6 Å². The number of hydrogen-bond acceptors (Lipinski definition) is 3. The SMILES string of the molecule is CCC(C)CSCCOc1ccc(CC(=O)O)cc1. The predicted molar refractivity (Wildman–Crippen MR) is 80.1 cm³/mol. The van der Waals surface area contributed by atoms with Crippen LogP contribution < -0.4 is 4.74 Å². The van der Waals surface area contributed by atoms with Crippen LogP contribution in [0, 0.1) is 5.92 Å². The zero-order valence-corrected chi connectivity index (χ0v) is 12.4. The number of benzene rings is 1. The third kappa shape index (κ3) is 7.11. The van der Waals surface area contributed by atoms with Crippen molar-refractivity contribution in [2.45, 2.75) is 26.7 Å². The number of hydrogen-bond donors (Lipinski definition) is 1. The van der Waals surface area contributed by atoms with E-state index in [0.29, 0.717) is 6.61 Å². The molecule has 19 heavy (non-hydrogen) atoms. The summed E-state index contributed by atoms with van der Waals surface area (Å²) in [5.74, 6) is 2.92. The predicted octanol–water partition coefficient (Wildman–Crippen LogP) is 3.47. The van der Waals surface area contributed by atoms with Crippen LogP contribution >= 0.6 is 11.8 Å². The Morgan fingerprint density at radius 2 is 2.05 bits per heavy atom. The van der Waals surface area contributed by atoms with Gasteiger partial charge in [-0.05, 0) is 29.4 Å². The van der Waals surface area contributed by atoms with Crippen LogP contribution in [0.15, 0.2) is 24.3 Å². The minimum atomic E-state index is -0.810. The number of aliphatic carboxylic acids is 1. The summed E-state index contributed by atoms with van der Waals surface area (Å²) in [6, 6.07) is 7.26. The van der Waals surface area contributed by atoms with Crippen molar-refractivity contribution in [2.75, 3.05) is 18.1 Å². The number of carboxylic acids is 1. The highest BCUT2D eigenvalue weighted by molar-refractivity contribution is 7.99. The topological polar surface area (TPSA) is 46.5 Å². The molecule has 1 aromatic rings. The molecule has 0 aliphatic heterocycles. The molecule has 0 aliphatic carbocycles. The Hall–Kier alpha value is -1.16. The quantitative estimate of drug-likeness (QED) is 0.704. The van der Waals surface area contributed by atoms with E-state index >= 15 is 0 Å². The Labute approximate surface area is 119 Å². The van der Waals surface area contributed by atoms with Crippen molar-refractivity contribution in [3.05, 3.63) is 29.8 Å². The fraction of sp³-hybridized carbons (Fsp3) is 0.533. The van der Waals surface area contributed by atoms with E-state index in [-0.39, 0.29) is 6.42 Å². The molecule has 0 radical (unpaired) electrons. The van der Waals surface area contributed by atoms with Crippen molar-refractivity contribution in [2.24, 2.45) is 5.92 Å². The molecule has 3 nitrogen and oxygen atoms in total. The Kier molecular flexibility index (Phi) is 7.41. The van der Waals surface area contributed by atoms with E-state index in [9.17, 15) is 4.79 Å². The molecule has 106 valence electrons. The normalized spacial score (nSPS) is 12.1. The smallest absolute Gasteiger partial charge is 0.307 e. The first kappa shape index (κ1) is 15.9. The molecule has 0 saturated carbocycles. The first-order valence-corrected chi connectivity index (χ1v) is 7.78. The Morgan fingerprint density at radius 1 is 1.37 bits per heavy atom. The monoisotopic (exact) mass is 282 g/mol. The maximum atomic E-state index is 10.5. The van der Waals surface area contributed by atoms with Gasteiger partial charge >= 0.3 is 5.97 Å². The molecule has 0 bridgehead atoms. The van der Waals surface area contributed by atoms with E-state index < -0.39 is 5.97 Å². The van der Waals surface area contributed by atoms with Gasteiger partial charge in [0.15, 0.2) is 0 Å². The molecule has 4 heteroatoms. The molecule has 0 amide bonds. The molecule has 0 spiro atoms. The van der Waals surface area contributed by atoms with Gasteiger partial charge in [0.25, 0.3) is 0 Å². The lowest BCUT2D eigenvalue weighted by Gasteiger charge is -2.09. The summed E-state index contributed by atoms with van der Waals surface area (Å²) in [6.45, 7) is 5.16. The molecule has 0 saturated heterocycles. The van der Waals surface area contributed by atoms with Gasteiger partial charge in [0.2, 0.25) is 0 Å². The molecule has 1 atom stereocenters. The maximum Gasteiger partial charge on any atom is 0.307 e. The molecule has 1 N–H and O–H groups in total. The van der Waals surface area contributed by atoms with Gasteiger partial charge in [0.05, 0.1) is 13.0 Å². The zero-order chi connectivity index (χ0) is 14.1. The van der Waals surface area contributed by atoms with Crippen LogP contribution in [-0.2, 0) is 11.2 Å². The molecule has 1 unspecified atom stereocenters. The molecule has 1 rings (SSSR count). The number of thioether (sulfide) groups is 1. The Morgan fingerprint density at radius 3 is 2.63 bits per heavy atom. The van der Waals surface area contributed by atoms with Gasteiger partial charge in [-0.25, -0.2) is 0 Å². The number of carbonyl (C=O) groups is 1. The summed E-state index contributed by atoms with van der Waals surface area (Å²) in [4.78, 5) is 10.5. The highest BCUT2D eigenvalue weighted by Crippen LogP contribution is 2.14. The molecule has 1 aromatic carbocycles. The summed E-state index contributed by atoms with van der Waals surface area (Å²) in [5.41, 5.74) is 0.797. The van der Waals surface area contributed by atoms with Crippen LogP contribution in [-0.4, -0.2) is 29.2 Å². The first-order valence-electron chi connectivity index (χ1n) is 6.63. The fourth-order valence-electron chi connectivity index (χ4n) is 1.50. The van der Waals surface area contributed by atoms with Crippen LogP contribution in [0.5, 0.6) is 5.75 Å². The van der Waals surface area contributed by atoms with Crippen molar-refractivity contribution in [3.63, 3.8) is 0 Å². The summed E-state index contributed by atoms with van der Waals surface area (Å²) >= 11 is 1.91. The van der Waals surface area contributed by atoms with Crippen molar-refractivity contribution in [1.82, 2.24) is 0 Å². The highest BCUT2D eigenvalue weighted by atomic mass is 32.2. The molecule has 0 aromatic heterocycles. The zero-order valence-electron chi connectivity index (χ0n) is 11.6. The molecular formula is C15H22O3S. The second-order valence-electron chi connectivity index (χ2n) is 4.65. The van der Waals surface area contributed by atoms with Gasteiger partial charge in [0.1, 0.15) is 5.75 Å². The Bertz CT molecular complexity index is 375. The lowest BCUT2D eigenvalue weighted by molar-refractivity contribution is -0.136. The number of carboxylic acid groups (broad SMARTS) is 1. The highest BCUT2D eigenvalue weighted by Gasteiger charge is 2.01. The average molecular weight is 282 g/mol. The third-order valence-electron chi connectivity index (χ3n) is 2.87. The maximum absolute atomic E-state index is 10.5. The van der Waals surface area contributed by atoms with Gasteiger partial charge < -0.3 is 9.84 Å². The van der Waals surface area contributed by atoms with Gasteiger partial charge in [-0.3, -0.25) is 4.79 Å². The summed E-state index contributed by atoms with van der Waals surface area (Å²) < 4.78 is 5.61. The number of rotatable bonds is 9. The number of ether oxygens (including phenoxy) is 1. The minimum absolute atomic E-state index is 0.0606. The average Bonchev–Trinajstić information content (AvgIpc) is 2.39. The standard InChI is InChI=1S/C15H22O3S/c1-3-12(2)11-19-9-8-18-14-6-4-13(5-7-14)10-15(16)17/h4-7,12H,3,8-11H2,1-2H3,(H,16,17). The van der Waals surface area contributed by atoms with Crippen LogP contribution in [0.3, 0.4) is 0 Å². The molecular weight excluding hydrogens is 260 g/mol. The summed E-state index contributed by atoms with van der Waals surface area (Å²) in [6.07, 6.45) is 1.28. The second-order valence-corrected chi connectivity index (χ2v) is 5.80. The summed E-state index contributed by atoms with van der Waals surface area (Å²) in [5, 5.41) is 8.67. The van der Waals surface area contributed by atoms with Gasteiger partial charge in [-0.1, -0.05) is 32.4 Å². The van der Waals surface area contributed by atoms with Gasteiger partial charge in [-0.15, -0.1) is 0 Å². The van der Waals surface area contributed by atoms with E-state index in [1.165, 1.54) is 12.2 Å². The molecule has 0 aliphatic rings. The fourth-order valence-corrected chi connectivity index (χ4v) is 2.50. The van der Waals surface area contributed by atoms with Crippen molar-refractivity contribution >= 4 is 17.7 Å². The summed E-state index contributed by atoms with van der Waals surface area (Å²) in [7, 11) is 0. The lowest BCUT2D eigenvalue weighted by Crippen LogP contribution is -2.04. The molecule has 0 heterocycles. The van der Waals surface area contributed by atoms with E-state index in [1.54, 1.807) is 12.1 Å². The van der Waals surface area contributed by atoms with Crippen molar-refractivity contribution in [1.29, 1.82) is 0 Å². The minimum Gasteiger partial charge on any atom is -0.493 e. The lowest BCUT2D eigenvalue weighted by atomic mass is 10.1.